The molecular formula is C29H26N2OS. The molecule has 0 bridgehead atoms. The van der Waals surface area contributed by atoms with Gasteiger partial charge in [-0.05, 0) is 49.6 Å². The van der Waals surface area contributed by atoms with Gasteiger partial charge in [-0.1, -0.05) is 95.7 Å². The minimum atomic E-state index is -0.0961. The van der Waals surface area contributed by atoms with Crippen LogP contribution in [-0.4, -0.2) is 16.6 Å². The van der Waals surface area contributed by atoms with Gasteiger partial charge in [0.1, 0.15) is 0 Å². The second-order valence-electron chi connectivity index (χ2n) is 8.53. The fourth-order valence-electron chi connectivity index (χ4n) is 4.41. The second kappa shape index (κ2) is 9.16. The molecule has 0 saturated carbocycles. The molecule has 1 aliphatic carbocycles. The first-order valence-electron chi connectivity index (χ1n) is 11.2. The number of aromatic nitrogens is 1. The standard InChI is InChI=1S/C29H26N2OS/c1-20-16-21(2)18-24(17-20)30-29(32)31-19-28(26-10-6-7-11-27(26)31)33-25-14-12-23(13-15-25)22-8-4-3-5-9-22/h3-17,19,24H,18H2,1-2H3,(H,30,32). The molecule has 1 aromatic heterocycles. The molecule has 164 valence electrons. The molecule has 1 amide bonds. The molecule has 0 saturated heterocycles. The monoisotopic (exact) mass is 450 g/mol. The van der Waals surface area contributed by atoms with Crippen LogP contribution >= 0.6 is 11.8 Å². The molecular weight excluding hydrogens is 424 g/mol. The minimum Gasteiger partial charge on any atom is -0.331 e. The number of benzene rings is 3. The highest BCUT2D eigenvalue weighted by atomic mass is 32.2. The molecule has 0 radical (unpaired) electrons. The summed E-state index contributed by atoms with van der Waals surface area (Å²) in [5, 5.41) is 4.27. The maximum absolute atomic E-state index is 13.2. The lowest BCUT2D eigenvalue weighted by Gasteiger charge is -2.20. The molecule has 4 aromatic rings. The minimum absolute atomic E-state index is 0.0188. The van der Waals surface area contributed by atoms with Crippen molar-refractivity contribution in [3.63, 3.8) is 0 Å². The van der Waals surface area contributed by atoms with E-state index < -0.39 is 0 Å². The number of fused-ring (bicyclic) bond motifs is 1. The molecule has 0 aliphatic heterocycles. The van der Waals surface area contributed by atoms with Crippen LogP contribution in [0.1, 0.15) is 20.3 Å². The van der Waals surface area contributed by atoms with E-state index >= 15 is 0 Å². The van der Waals surface area contributed by atoms with Crippen molar-refractivity contribution in [1.29, 1.82) is 0 Å². The fraction of sp³-hybridized carbons (Fsp3) is 0.138. The van der Waals surface area contributed by atoms with Gasteiger partial charge in [-0.25, -0.2) is 4.79 Å². The Kier molecular flexibility index (Phi) is 5.93. The lowest BCUT2D eigenvalue weighted by atomic mass is 9.97. The zero-order valence-electron chi connectivity index (χ0n) is 18.8. The van der Waals surface area contributed by atoms with Crippen LogP contribution in [-0.2, 0) is 0 Å². The van der Waals surface area contributed by atoms with E-state index in [4.69, 9.17) is 0 Å². The third kappa shape index (κ3) is 4.67. The highest BCUT2D eigenvalue weighted by Crippen LogP contribution is 2.36. The first-order valence-corrected chi connectivity index (χ1v) is 12.0. The van der Waals surface area contributed by atoms with E-state index in [1.54, 1.807) is 16.3 Å². The van der Waals surface area contributed by atoms with Gasteiger partial charge in [-0.2, -0.15) is 0 Å². The molecule has 3 aromatic carbocycles. The van der Waals surface area contributed by atoms with Crippen molar-refractivity contribution in [2.24, 2.45) is 0 Å². The summed E-state index contributed by atoms with van der Waals surface area (Å²) in [5.41, 5.74) is 5.80. The average molecular weight is 451 g/mol. The first-order chi connectivity index (χ1) is 16.1. The van der Waals surface area contributed by atoms with Crippen LogP contribution in [0.3, 0.4) is 0 Å². The average Bonchev–Trinajstić information content (AvgIpc) is 3.18. The quantitative estimate of drug-likeness (QED) is 0.346. The molecule has 4 heteroatoms. The number of nitrogens with zero attached hydrogens (tertiary/aromatic N) is 1. The van der Waals surface area contributed by atoms with Crippen LogP contribution < -0.4 is 5.32 Å². The highest BCUT2D eigenvalue weighted by Gasteiger charge is 2.18. The number of carbonyl (C=O) groups excluding carboxylic acids is 1. The van der Waals surface area contributed by atoms with Crippen LogP contribution in [0.15, 0.2) is 118 Å². The number of para-hydroxylation sites is 1. The topological polar surface area (TPSA) is 34.0 Å². The van der Waals surface area contributed by atoms with E-state index in [9.17, 15) is 4.79 Å². The Balaban J connectivity index is 1.40. The Bertz CT molecular complexity index is 1360. The van der Waals surface area contributed by atoms with Gasteiger partial charge < -0.3 is 5.32 Å². The van der Waals surface area contributed by atoms with Crippen molar-refractivity contribution in [3.8, 4) is 11.1 Å². The van der Waals surface area contributed by atoms with Crippen molar-refractivity contribution in [1.82, 2.24) is 9.88 Å². The number of hydrogen-bond acceptors (Lipinski definition) is 2. The van der Waals surface area contributed by atoms with Crippen molar-refractivity contribution in [3.05, 3.63) is 108 Å². The van der Waals surface area contributed by atoms with Crippen LogP contribution in [0.2, 0.25) is 0 Å². The van der Waals surface area contributed by atoms with E-state index in [-0.39, 0.29) is 12.1 Å². The van der Waals surface area contributed by atoms with Gasteiger partial charge in [0.25, 0.3) is 0 Å². The van der Waals surface area contributed by atoms with Gasteiger partial charge in [0.05, 0.1) is 11.6 Å². The summed E-state index contributed by atoms with van der Waals surface area (Å²) in [4.78, 5) is 15.4. The van der Waals surface area contributed by atoms with Crippen LogP contribution in [0, 0.1) is 0 Å². The van der Waals surface area contributed by atoms with Gasteiger partial charge in [-0.3, -0.25) is 4.57 Å². The normalized spacial score (nSPS) is 15.8. The first kappa shape index (κ1) is 21.4. The van der Waals surface area contributed by atoms with E-state index in [1.165, 1.54) is 22.3 Å². The Morgan fingerprint density at radius 2 is 1.61 bits per heavy atom. The molecule has 1 heterocycles. The lowest BCUT2D eigenvalue weighted by molar-refractivity contribution is 0.241. The Hall–Kier alpha value is -3.50. The lowest BCUT2D eigenvalue weighted by Crippen LogP contribution is -2.37. The van der Waals surface area contributed by atoms with Gasteiger partial charge in [0.15, 0.2) is 0 Å². The fourth-order valence-corrected chi connectivity index (χ4v) is 5.38. The van der Waals surface area contributed by atoms with Crippen molar-refractivity contribution >= 4 is 28.7 Å². The Labute approximate surface area is 198 Å². The molecule has 1 aliphatic rings. The summed E-state index contributed by atoms with van der Waals surface area (Å²) in [5.74, 6) is 0. The number of amides is 1. The van der Waals surface area contributed by atoms with Gasteiger partial charge >= 0.3 is 6.03 Å². The number of hydrogen-bond donors (Lipinski definition) is 1. The summed E-state index contributed by atoms with van der Waals surface area (Å²) < 4.78 is 1.74. The van der Waals surface area contributed by atoms with Gasteiger partial charge in [0.2, 0.25) is 0 Å². The summed E-state index contributed by atoms with van der Waals surface area (Å²) in [6, 6.07) is 27.0. The summed E-state index contributed by atoms with van der Waals surface area (Å²) in [6.45, 7) is 4.18. The summed E-state index contributed by atoms with van der Waals surface area (Å²) >= 11 is 1.68. The largest absolute Gasteiger partial charge is 0.331 e. The number of nitrogens with one attached hydrogen (secondary N) is 1. The van der Waals surface area contributed by atoms with E-state index in [1.807, 2.05) is 30.5 Å². The number of carbonyl (C=O) groups is 1. The van der Waals surface area contributed by atoms with Crippen LogP contribution in [0.4, 0.5) is 4.79 Å². The van der Waals surface area contributed by atoms with Crippen molar-refractivity contribution in [2.75, 3.05) is 0 Å². The molecule has 0 spiro atoms. The number of rotatable bonds is 4. The maximum Gasteiger partial charge on any atom is 0.326 e. The van der Waals surface area contributed by atoms with E-state index in [0.717, 1.165) is 27.1 Å². The zero-order valence-corrected chi connectivity index (χ0v) is 19.6. The third-order valence-electron chi connectivity index (χ3n) is 5.87. The van der Waals surface area contributed by atoms with Gasteiger partial charge in [-0.15, -0.1) is 0 Å². The predicted octanol–water partition coefficient (Wildman–Crippen LogP) is 7.68. The second-order valence-corrected chi connectivity index (χ2v) is 9.65. The molecule has 5 rings (SSSR count). The molecule has 0 fully saturated rings. The summed E-state index contributed by atoms with van der Waals surface area (Å²) in [7, 11) is 0. The molecule has 1 atom stereocenters. The predicted molar refractivity (Wildman–Crippen MR) is 138 cm³/mol. The van der Waals surface area contributed by atoms with E-state index in [2.05, 4.69) is 85.9 Å². The molecule has 33 heavy (non-hydrogen) atoms. The van der Waals surface area contributed by atoms with Crippen LogP contribution in [0.25, 0.3) is 22.0 Å². The van der Waals surface area contributed by atoms with Crippen molar-refractivity contribution in [2.45, 2.75) is 36.1 Å². The maximum atomic E-state index is 13.2. The molecule has 3 nitrogen and oxygen atoms in total. The van der Waals surface area contributed by atoms with Crippen molar-refractivity contribution < 1.29 is 4.79 Å². The Morgan fingerprint density at radius 3 is 2.36 bits per heavy atom. The van der Waals surface area contributed by atoms with E-state index in [0.29, 0.717) is 0 Å². The Morgan fingerprint density at radius 1 is 0.909 bits per heavy atom. The zero-order chi connectivity index (χ0) is 22.8. The molecule has 1 N–H and O–H groups in total. The number of allylic oxidation sites excluding steroid dienone is 2. The highest BCUT2D eigenvalue weighted by molar-refractivity contribution is 7.99. The van der Waals surface area contributed by atoms with Gasteiger partial charge in [0, 0.05) is 21.4 Å². The summed E-state index contributed by atoms with van der Waals surface area (Å²) in [6.07, 6.45) is 7.10. The SMILES string of the molecule is CC1=CC(NC(=O)n2cc(Sc3ccc(-c4ccccc4)cc3)c3ccccc32)CC(C)=C1. The third-order valence-corrected chi connectivity index (χ3v) is 6.93. The smallest absolute Gasteiger partial charge is 0.326 e. The van der Waals surface area contributed by atoms with Crippen LogP contribution in [0.5, 0.6) is 0 Å². The molecule has 1 unspecified atom stereocenters.